The number of aryl methyl sites for hydroxylation is 6. The van der Waals surface area contributed by atoms with Crippen molar-refractivity contribution >= 4 is 23.2 Å². The van der Waals surface area contributed by atoms with Crippen LogP contribution in [-0.4, -0.2) is 0 Å². The molecule has 4 aromatic rings. The number of halogens is 1. The summed E-state index contributed by atoms with van der Waals surface area (Å²) in [4.78, 5) is 0. The molecule has 0 radical (unpaired) electrons. The Morgan fingerprint density at radius 1 is 0.485 bits per heavy atom. The smallest absolute Gasteiger partial charge is 0.117 e. The summed E-state index contributed by atoms with van der Waals surface area (Å²) in [5.74, 6) is 0. The fraction of sp³-hybridized carbons (Fsp3) is 0.226. The highest BCUT2D eigenvalue weighted by Crippen LogP contribution is 2.60. The first-order chi connectivity index (χ1) is 15.3. The zero-order chi connectivity index (χ0) is 22.9. The van der Waals surface area contributed by atoms with Gasteiger partial charge >= 0.3 is 0 Å². The SMILES string of the molecule is Cc1ccc([P+](Cc2ccccc2)(c2ccc(C)cc2C)c2ccc(C)cc2C)c(C)c1.[Br-]. The maximum absolute atomic E-state index is 2.42. The monoisotopic (exact) mass is 516 g/mol. The molecule has 0 nitrogen and oxygen atoms in total. The largest absolute Gasteiger partial charge is 1.00 e. The Balaban J connectivity index is 0.00000306. The summed E-state index contributed by atoms with van der Waals surface area (Å²) in [6.07, 6.45) is 1.03. The fourth-order valence-electron chi connectivity index (χ4n) is 5.20. The average Bonchev–Trinajstić information content (AvgIpc) is 2.73. The number of hydrogen-bond acceptors (Lipinski definition) is 0. The molecule has 33 heavy (non-hydrogen) atoms. The molecule has 0 saturated heterocycles. The first-order valence-corrected chi connectivity index (χ1v) is 13.4. The molecular formula is C31H34BrP. The molecule has 0 amide bonds. The van der Waals surface area contributed by atoms with E-state index >= 15 is 0 Å². The third kappa shape index (κ3) is 5.01. The van der Waals surface area contributed by atoms with Gasteiger partial charge in [0.1, 0.15) is 23.2 Å². The van der Waals surface area contributed by atoms with E-state index in [0.29, 0.717) is 0 Å². The van der Waals surface area contributed by atoms with Gasteiger partial charge in [0.2, 0.25) is 0 Å². The van der Waals surface area contributed by atoms with Crippen molar-refractivity contribution in [1.29, 1.82) is 0 Å². The Bertz CT molecular complexity index is 1130. The van der Waals surface area contributed by atoms with Crippen molar-refractivity contribution in [2.75, 3.05) is 0 Å². The lowest BCUT2D eigenvalue weighted by atomic mass is 10.1. The topological polar surface area (TPSA) is 0 Å². The highest BCUT2D eigenvalue weighted by Gasteiger charge is 2.48. The van der Waals surface area contributed by atoms with Crippen LogP contribution in [0.2, 0.25) is 0 Å². The normalized spacial score (nSPS) is 11.2. The molecule has 0 heterocycles. The van der Waals surface area contributed by atoms with Crippen LogP contribution in [0.1, 0.15) is 38.9 Å². The highest BCUT2D eigenvalue weighted by molar-refractivity contribution is 7.95. The molecule has 0 unspecified atom stereocenters. The minimum Gasteiger partial charge on any atom is -1.00 e. The van der Waals surface area contributed by atoms with E-state index in [0.717, 1.165) is 6.16 Å². The molecule has 0 saturated carbocycles. The summed E-state index contributed by atoms with van der Waals surface area (Å²) in [6.45, 7) is 13.5. The summed E-state index contributed by atoms with van der Waals surface area (Å²) < 4.78 is 0. The molecule has 0 atom stereocenters. The van der Waals surface area contributed by atoms with E-state index in [1.54, 1.807) is 0 Å². The minimum atomic E-state index is -1.95. The molecule has 0 aliphatic rings. The molecule has 0 fully saturated rings. The molecule has 0 aromatic heterocycles. The van der Waals surface area contributed by atoms with E-state index in [2.05, 4.69) is 126 Å². The number of hydrogen-bond donors (Lipinski definition) is 0. The molecule has 4 rings (SSSR count). The summed E-state index contributed by atoms with van der Waals surface area (Å²) in [5, 5.41) is 4.52. The third-order valence-electron chi connectivity index (χ3n) is 6.55. The average molecular weight is 517 g/mol. The predicted octanol–water partition coefficient (Wildman–Crippen LogP) is 4.04. The molecule has 4 aromatic carbocycles. The number of benzene rings is 4. The van der Waals surface area contributed by atoms with E-state index in [1.807, 2.05) is 0 Å². The Morgan fingerprint density at radius 3 is 1.18 bits per heavy atom. The van der Waals surface area contributed by atoms with Crippen LogP contribution >= 0.6 is 7.26 Å². The van der Waals surface area contributed by atoms with Crippen LogP contribution in [0.25, 0.3) is 0 Å². The summed E-state index contributed by atoms with van der Waals surface area (Å²) in [6, 6.07) is 32.3. The van der Waals surface area contributed by atoms with Crippen molar-refractivity contribution < 1.29 is 17.0 Å². The van der Waals surface area contributed by atoms with Crippen LogP contribution in [0, 0.1) is 41.5 Å². The maximum Gasteiger partial charge on any atom is 0.117 e. The van der Waals surface area contributed by atoms with Gasteiger partial charge in [-0.15, -0.1) is 0 Å². The molecule has 0 bridgehead atoms. The Hall–Kier alpha value is -2.21. The van der Waals surface area contributed by atoms with E-state index in [1.165, 1.54) is 54.9 Å². The van der Waals surface area contributed by atoms with Crippen molar-refractivity contribution in [3.8, 4) is 0 Å². The Kier molecular flexibility index (Phi) is 7.99. The van der Waals surface area contributed by atoms with Gasteiger partial charge in [-0.2, -0.15) is 0 Å². The van der Waals surface area contributed by atoms with Gasteiger partial charge in [0.25, 0.3) is 0 Å². The van der Waals surface area contributed by atoms with Gasteiger partial charge in [0, 0.05) is 0 Å². The second kappa shape index (κ2) is 10.4. The van der Waals surface area contributed by atoms with Crippen molar-refractivity contribution in [1.82, 2.24) is 0 Å². The van der Waals surface area contributed by atoms with Crippen molar-refractivity contribution in [3.63, 3.8) is 0 Å². The predicted molar refractivity (Wildman–Crippen MR) is 144 cm³/mol. The second-order valence-electron chi connectivity index (χ2n) is 9.32. The Labute approximate surface area is 211 Å². The summed E-state index contributed by atoms with van der Waals surface area (Å²) in [7, 11) is -1.95. The van der Waals surface area contributed by atoms with Gasteiger partial charge in [-0.05, 0) is 82.0 Å². The molecule has 170 valence electrons. The third-order valence-corrected chi connectivity index (χ3v) is 11.4. The van der Waals surface area contributed by atoms with Crippen molar-refractivity contribution in [2.45, 2.75) is 47.7 Å². The lowest BCUT2D eigenvalue weighted by Crippen LogP contribution is -3.00. The second-order valence-corrected chi connectivity index (χ2v) is 12.7. The molecule has 0 aliphatic heterocycles. The van der Waals surface area contributed by atoms with Gasteiger partial charge in [-0.25, -0.2) is 0 Å². The van der Waals surface area contributed by atoms with E-state index in [4.69, 9.17) is 0 Å². The van der Waals surface area contributed by atoms with Crippen molar-refractivity contribution in [2.24, 2.45) is 0 Å². The molecular weight excluding hydrogens is 483 g/mol. The lowest BCUT2D eigenvalue weighted by Gasteiger charge is -2.31. The molecule has 0 aliphatic carbocycles. The molecule has 0 N–H and O–H groups in total. The standard InChI is InChI=1S/C31H34P.BrH/c1-22-12-15-29(25(4)18-22)32(21-28-10-8-7-9-11-28,30-16-13-23(2)19-26(30)5)31-17-14-24(3)20-27(31)6;/h7-20H,21H2,1-6H3;1H/q+1;/p-1. The number of rotatable bonds is 5. The quantitative estimate of drug-likeness (QED) is 0.351. The zero-order valence-corrected chi connectivity index (χ0v) is 23.1. The minimum absolute atomic E-state index is 0. The summed E-state index contributed by atoms with van der Waals surface area (Å²) >= 11 is 0. The highest BCUT2D eigenvalue weighted by atomic mass is 79.9. The van der Waals surface area contributed by atoms with Gasteiger partial charge < -0.3 is 17.0 Å². The van der Waals surface area contributed by atoms with Crippen LogP contribution in [0.3, 0.4) is 0 Å². The first-order valence-electron chi connectivity index (χ1n) is 11.5. The van der Waals surface area contributed by atoms with E-state index < -0.39 is 7.26 Å². The first kappa shape index (κ1) is 25.4. The van der Waals surface area contributed by atoms with Crippen LogP contribution in [0.5, 0.6) is 0 Å². The summed E-state index contributed by atoms with van der Waals surface area (Å²) in [5.41, 5.74) is 9.57. The van der Waals surface area contributed by atoms with Gasteiger partial charge in [0.15, 0.2) is 0 Å². The Morgan fingerprint density at radius 2 is 0.848 bits per heavy atom. The van der Waals surface area contributed by atoms with E-state index in [-0.39, 0.29) is 17.0 Å². The van der Waals surface area contributed by atoms with Crippen molar-refractivity contribution in [3.05, 3.63) is 124 Å². The van der Waals surface area contributed by atoms with Gasteiger partial charge in [-0.1, -0.05) is 83.4 Å². The molecule has 2 heteroatoms. The van der Waals surface area contributed by atoms with Gasteiger partial charge in [-0.3, -0.25) is 0 Å². The lowest BCUT2D eigenvalue weighted by molar-refractivity contribution is -0.00000680. The fourth-order valence-corrected chi connectivity index (χ4v) is 10.2. The van der Waals surface area contributed by atoms with E-state index in [9.17, 15) is 0 Å². The van der Waals surface area contributed by atoms with Crippen LogP contribution in [0.15, 0.2) is 84.9 Å². The zero-order valence-electron chi connectivity index (χ0n) is 20.6. The van der Waals surface area contributed by atoms with Gasteiger partial charge in [0.05, 0.1) is 6.16 Å². The molecule has 0 spiro atoms. The van der Waals surface area contributed by atoms with Crippen LogP contribution in [0.4, 0.5) is 0 Å². The van der Waals surface area contributed by atoms with Crippen LogP contribution < -0.4 is 32.9 Å². The van der Waals surface area contributed by atoms with Crippen LogP contribution in [-0.2, 0) is 6.16 Å². The maximum atomic E-state index is 2.42.